The van der Waals surface area contributed by atoms with E-state index >= 15 is 0 Å². The van der Waals surface area contributed by atoms with Crippen LogP contribution in [0.25, 0.3) is 5.69 Å². The zero-order chi connectivity index (χ0) is 12.5. The fourth-order valence-electron chi connectivity index (χ4n) is 2.52. The van der Waals surface area contributed by atoms with Gasteiger partial charge in [-0.15, -0.1) is 0 Å². The van der Waals surface area contributed by atoms with Gasteiger partial charge in [-0.3, -0.25) is 4.79 Å². The standard InChI is InChI=1S/C14H13ClN2O/c15-10-5-7-11(8-6-10)17-14-4-2-1-3-12(14)13(9-18)16-17/h5-9H,1-4H2. The molecule has 92 valence electrons. The first-order valence-corrected chi connectivity index (χ1v) is 6.49. The number of fused-ring (bicyclic) bond motifs is 1. The normalized spacial score (nSPS) is 14.3. The van der Waals surface area contributed by atoms with E-state index in [0.29, 0.717) is 10.7 Å². The molecule has 0 saturated carbocycles. The van der Waals surface area contributed by atoms with Gasteiger partial charge in [-0.25, -0.2) is 4.68 Å². The van der Waals surface area contributed by atoms with E-state index in [4.69, 9.17) is 11.6 Å². The summed E-state index contributed by atoms with van der Waals surface area (Å²) >= 11 is 5.89. The van der Waals surface area contributed by atoms with Crippen LogP contribution in [0, 0.1) is 0 Å². The minimum Gasteiger partial charge on any atom is -0.296 e. The molecule has 18 heavy (non-hydrogen) atoms. The van der Waals surface area contributed by atoms with Gasteiger partial charge < -0.3 is 0 Å². The molecule has 1 aromatic carbocycles. The molecular formula is C14H13ClN2O. The number of hydrogen-bond acceptors (Lipinski definition) is 2. The summed E-state index contributed by atoms with van der Waals surface area (Å²) < 4.78 is 1.88. The Morgan fingerprint density at radius 2 is 1.89 bits per heavy atom. The van der Waals surface area contributed by atoms with Crippen LogP contribution < -0.4 is 0 Å². The van der Waals surface area contributed by atoms with Gasteiger partial charge in [-0.2, -0.15) is 5.10 Å². The Morgan fingerprint density at radius 1 is 1.17 bits per heavy atom. The molecule has 1 aliphatic rings. The smallest absolute Gasteiger partial charge is 0.170 e. The van der Waals surface area contributed by atoms with Crippen LogP contribution in [0.2, 0.25) is 5.02 Å². The molecule has 0 N–H and O–H groups in total. The zero-order valence-corrected chi connectivity index (χ0v) is 10.7. The lowest BCUT2D eigenvalue weighted by atomic mass is 9.96. The van der Waals surface area contributed by atoms with Crippen molar-refractivity contribution in [3.05, 3.63) is 46.2 Å². The highest BCUT2D eigenvalue weighted by molar-refractivity contribution is 6.30. The van der Waals surface area contributed by atoms with Gasteiger partial charge in [0.1, 0.15) is 5.69 Å². The molecule has 2 aromatic rings. The van der Waals surface area contributed by atoms with Gasteiger partial charge in [0.2, 0.25) is 0 Å². The number of carbonyl (C=O) groups excluding carboxylic acids is 1. The molecule has 0 saturated heterocycles. The van der Waals surface area contributed by atoms with E-state index in [0.717, 1.165) is 43.2 Å². The molecule has 0 amide bonds. The van der Waals surface area contributed by atoms with Crippen LogP contribution in [0.15, 0.2) is 24.3 Å². The van der Waals surface area contributed by atoms with E-state index in [9.17, 15) is 4.79 Å². The SMILES string of the molecule is O=Cc1nn(-c2ccc(Cl)cc2)c2c1CCCC2. The van der Waals surface area contributed by atoms with Gasteiger partial charge in [-0.1, -0.05) is 11.6 Å². The molecule has 0 atom stereocenters. The Hall–Kier alpha value is -1.61. The minimum absolute atomic E-state index is 0.583. The number of nitrogens with zero attached hydrogens (tertiary/aromatic N) is 2. The molecule has 0 spiro atoms. The van der Waals surface area contributed by atoms with E-state index in [1.54, 1.807) is 0 Å². The van der Waals surface area contributed by atoms with Crippen LogP contribution >= 0.6 is 11.6 Å². The molecule has 0 fully saturated rings. The summed E-state index contributed by atoms with van der Waals surface area (Å²) in [6.45, 7) is 0. The summed E-state index contributed by atoms with van der Waals surface area (Å²) in [5, 5.41) is 5.12. The van der Waals surface area contributed by atoms with Crippen molar-refractivity contribution in [2.24, 2.45) is 0 Å². The quantitative estimate of drug-likeness (QED) is 0.777. The topological polar surface area (TPSA) is 34.9 Å². The number of aldehydes is 1. The first-order valence-electron chi connectivity index (χ1n) is 6.11. The van der Waals surface area contributed by atoms with Gasteiger partial charge in [-0.05, 0) is 49.9 Å². The maximum absolute atomic E-state index is 11.1. The lowest BCUT2D eigenvalue weighted by Crippen LogP contribution is -2.07. The van der Waals surface area contributed by atoms with E-state index in [1.165, 1.54) is 5.69 Å². The van der Waals surface area contributed by atoms with E-state index in [2.05, 4.69) is 5.10 Å². The first kappa shape index (κ1) is 11.5. The number of carbonyl (C=O) groups is 1. The Morgan fingerprint density at radius 3 is 2.61 bits per heavy atom. The van der Waals surface area contributed by atoms with E-state index in [1.807, 2.05) is 28.9 Å². The Kier molecular flexibility index (Phi) is 2.92. The average Bonchev–Trinajstić information content (AvgIpc) is 2.79. The molecule has 1 heterocycles. The second-order valence-electron chi connectivity index (χ2n) is 4.52. The highest BCUT2D eigenvalue weighted by atomic mass is 35.5. The maximum atomic E-state index is 11.1. The Balaban J connectivity index is 2.14. The average molecular weight is 261 g/mol. The van der Waals surface area contributed by atoms with Crippen molar-refractivity contribution in [3.8, 4) is 5.69 Å². The molecule has 0 bridgehead atoms. The number of aromatic nitrogens is 2. The van der Waals surface area contributed by atoms with Crippen molar-refractivity contribution < 1.29 is 4.79 Å². The highest BCUT2D eigenvalue weighted by Gasteiger charge is 2.20. The highest BCUT2D eigenvalue weighted by Crippen LogP contribution is 2.26. The van der Waals surface area contributed by atoms with Crippen LogP contribution in [0.1, 0.15) is 34.6 Å². The molecule has 1 aliphatic carbocycles. The lowest BCUT2D eigenvalue weighted by molar-refractivity contribution is 0.111. The molecule has 4 heteroatoms. The van der Waals surface area contributed by atoms with Crippen LogP contribution in [0.4, 0.5) is 0 Å². The second kappa shape index (κ2) is 4.58. The van der Waals surface area contributed by atoms with Crippen LogP contribution in [-0.4, -0.2) is 16.1 Å². The maximum Gasteiger partial charge on any atom is 0.170 e. The largest absolute Gasteiger partial charge is 0.296 e. The Labute approximate surface area is 110 Å². The molecule has 3 nitrogen and oxygen atoms in total. The van der Waals surface area contributed by atoms with Crippen molar-refractivity contribution in [1.82, 2.24) is 9.78 Å². The van der Waals surface area contributed by atoms with Gasteiger partial charge in [0, 0.05) is 16.3 Å². The van der Waals surface area contributed by atoms with Crippen molar-refractivity contribution in [1.29, 1.82) is 0 Å². The van der Waals surface area contributed by atoms with E-state index < -0.39 is 0 Å². The zero-order valence-electron chi connectivity index (χ0n) is 9.90. The van der Waals surface area contributed by atoms with Gasteiger partial charge in [0.15, 0.2) is 6.29 Å². The lowest BCUT2D eigenvalue weighted by Gasteiger charge is -2.13. The van der Waals surface area contributed by atoms with Crippen LogP contribution in [0.3, 0.4) is 0 Å². The minimum atomic E-state index is 0.583. The third-order valence-corrected chi connectivity index (χ3v) is 3.65. The summed E-state index contributed by atoms with van der Waals surface area (Å²) in [7, 11) is 0. The summed E-state index contributed by atoms with van der Waals surface area (Å²) in [4.78, 5) is 11.1. The number of rotatable bonds is 2. The third kappa shape index (κ3) is 1.85. The summed E-state index contributed by atoms with van der Waals surface area (Å²) in [5.41, 5.74) is 3.84. The summed E-state index contributed by atoms with van der Waals surface area (Å²) in [5.74, 6) is 0. The second-order valence-corrected chi connectivity index (χ2v) is 4.96. The van der Waals surface area contributed by atoms with Crippen LogP contribution in [-0.2, 0) is 12.8 Å². The number of halogens is 1. The predicted octanol–water partition coefficient (Wildman–Crippen LogP) is 3.22. The summed E-state index contributed by atoms with van der Waals surface area (Å²) in [6, 6.07) is 7.54. The van der Waals surface area contributed by atoms with Crippen LogP contribution in [0.5, 0.6) is 0 Å². The third-order valence-electron chi connectivity index (χ3n) is 3.39. The van der Waals surface area contributed by atoms with Crippen molar-refractivity contribution in [2.75, 3.05) is 0 Å². The molecule has 1 aromatic heterocycles. The molecule has 0 radical (unpaired) electrons. The molecule has 3 rings (SSSR count). The van der Waals surface area contributed by atoms with Gasteiger partial charge >= 0.3 is 0 Å². The fraction of sp³-hybridized carbons (Fsp3) is 0.286. The molecular weight excluding hydrogens is 248 g/mol. The fourth-order valence-corrected chi connectivity index (χ4v) is 2.64. The Bertz CT molecular complexity index is 587. The van der Waals surface area contributed by atoms with Crippen molar-refractivity contribution in [2.45, 2.75) is 25.7 Å². The first-order chi connectivity index (χ1) is 8.79. The monoisotopic (exact) mass is 260 g/mol. The van der Waals surface area contributed by atoms with Crippen molar-refractivity contribution in [3.63, 3.8) is 0 Å². The van der Waals surface area contributed by atoms with E-state index in [-0.39, 0.29) is 0 Å². The number of hydrogen-bond donors (Lipinski definition) is 0. The molecule has 0 aliphatic heterocycles. The number of benzene rings is 1. The van der Waals surface area contributed by atoms with Gasteiger partial charge in [0.05, 0.1) is 5.69 Å². The van der Waals surface area contributed by atoms with Crippen molar-refractivity contribution >= 4 is 17.9 Å². The summed E-state index contributed by atoms with van der Waals surface area (Å²) in [6.07, 6.45) is 5.09. The van der Waals surface area contributed by atoms with Gasteiger partial charge in [0.25, 0.3) is 0 Å². The molecule has 0 unspecified atom stereocenters. The predicted molar refractivity (Wildman–Crippen MR) is 70.6 cm³/mol.